The van der Waals surface area contributed by atoms with Crippen LogP contribution in [-0.2, 0) is 11.3 Å². The van der Waals surface area contributed by atoms with Gasteiger partial charge < -0.3 is 4.79 Å². The molecule has 48 valence electrons. The van der Waals surface area contributed by atoms with Crippen molar-refractivity contribution in [3.05, 3.63) is 18.2 Å². The van der Waals surface area contributed by atoms with Gasteiger partial charge in [0, 0.05) is 0 Å². The fraction of sp³-hybridized carbons (Fsp3) is 0.200. The van der Waals surface area contributed by atoms with Crippen molar-refractivity contribution in [2.24, 2.45) is 0 Å². The van der Waals surface area contributed by atoms with Crippen LogP contribution in [0, 0.1) is 5.82 Å². The Balaban J connectivity index is 2.72. The van der Waals surface area contributed by atoms with E-state index >= 15 is 0 Å². The zero-order chi connectivity index (χ0) is 6.69. The first kappa shape index (κ1) is 5.94. The molecule has 1 heterocycles. The van der Waals surface area contributed by atoms with Crippen molar-refractivity contribution in [3.63, 3.8) is 0 Å². The monoisotopic (exact) mass is 128 g/mol. The second-order valence-corrected chi connectivity index (χ2v) is 1.55. The Bertz CT molecular complexity index is 208. The Morgan fingerprint density at radius 2 is 2.67 bits per heavy atom. The van der Waals surface area contributed by atoms with Gasteiger partial charge in [-0.25, -0.2) is 4.39 Å². The predicted molar refractivity (Wildman–Crippen MR) is 28.2 cm³/mol. The van der Waals surface area contributed by atoms with Crippen LogP contribution < -0.4 is 0 Å². The SMILES string of the molecule is O=CCn1cc(F)cn1. The second-order valence-electron chi connectivity index (χ2n) is 1.55. The molecule has 1 aromatic heterocycles. The van der Waals surface area contributed by atoms with Crippen LogP contribution >= 0.6 is 0 Å². The smallest absolute Gasteiger partial charge is 0.161 e. The summed E-state index contributed by atoms with van der Waals surface area (Å²) in [6, 6.07) is 0. The van der Waals surface area contributed by atoms with Gasteiger partial charge >= 0.3 is 0 Å². The molecule has 4 heteroatoms. The van der Waals surface area contributed by atoms with E-state index in [1.165, 1.54) is 4.68 Å². The minimum absolute atomic E-state index is 0.115. The van der Waals surface area contributed by atoms with Crippen molar-refractivity contribution in [2.45, 2.75) is 6.54 Å². The van der Waals surface area contributed by atoms with Gasteiger partial charge in [-0.3, -0.25) is 4.68 Å². The summed E-state index contributed by atoms with van der Waals surface area (Å²) in [5, 5.41) is 3.52. The predicted octanol–water partition coefficient (Wildman–Crippen LogP) is 0.221. The minimum atomic E-state index is -0.420. The van der Waals surface area contributed by atoms with Crippen LogP contribution in [0.25, 0.3) is 0 Å². The lowest BCUT2D eigenvalue weighted by Gasteiger charge is -1.86. The molecule has 0 spiro atoms. The highest BCUT2D eigenvalue weighted by atomic mass is 19.1. The van der Waals surface area contributed by atoms with Gasteiger partial charge in [0.25, 0.3) is 0 Å². The van der Waals surface area contributed by atoms with Crippen molar-refractivity contribution in [1.29, 1.82) is 0 Å². The number of carbonyl (C=O) groups excluding carboxylic acids is 1. The average Bonchev–Trinajstić information content (AvgIpc) is 2.17. The highest BCUT2D eigenvalue weighted by Gasteiger charge is 1.92. The topological polar surface area (TPSA) is 34.9 Å². The number of aldehydes is 1. The van der Waals surface area contributed by atoms with E-state index in [2.05, 4.69) is 5.10 Å². The zero-order valence-electron chi connectivity index (χ0n) is 4.62. The number of hydrogen-bond acceptors (Lipinski definition) is 2. The maximum absolute atomic E-state index is 12.1. The summed E-state index contributed by atoms with van der Waals surface area (Å²) in [5.74, 6) is -0.420. The molecule has 0 aliphatic heterocycles. The maximum Gasteiger partial charge on any atom is 0.161 e. The molecule has 0 saturated heterocycles. The lowest BCUT2D eigenvalue weighted by Crippen LogP contribution is -1.97. The van der Waals surface area contributed by atoms with E-state index < -0.39 is 5.82 Å². The zero-order valence-corrected chi connectivity index (χ0v) is 4.62. The summed E-state index contributed by atoms with van der Waals surface area (Å²) in [4.78, 5) is 9.80. The van der Waals surface area contributed by atoms with Crippen molar-refractivity contribution >= 4 is 6.29 Å². The van der Waals surface area contributed by atoms with Crippen molar-refractivity contribution < 1.29 is 9.18 Å². The Hall–Kier alpha value is -1.19. The fourth-order valence-corrected chi connectivity index (χ4v) is 0.515. The number of nitrogens with zero attached hydrogens (tertiary/aromatic N) is 2. The third kappa shape index (κ3) is 1.35. The molecule has 0 bridgehead atoms. The third-order valence-corrected chi connectivity index (χ3v) is 0.863. The number of halogens is 1. The van der Waals surface area contributed by atoms with Gasteiger partial charge in [-0.05, 0) is 0 Å². The highest BCUT2D eigenvalue weighted by molar-refractivity contribution is 5.48. The summed E-state index contributed by atoms with van der Waals surface area (Å²) in [7, 11) is 0. The Morgan fingerprint density at radius 3 is 3.11 bits per heavy atom. The Morgan fingerprint density at radius 1 is 1.89 bits per heavy atom. The molecule has 1 rings (SSSR count). The van der Waals surface area contributed by atoms with Crippen LogP contribution in [0.3, 0.4) is 0 Å². The van der Waals surface area contributed by atoms with Crippen LogP contribution in [0.1, 0.15) is 0 Å². The van der Waals surface area contributed by atoms with E-state index in [0.29, 0.717) is 6.29 Å². The van der Waals surface area contributed by atoms with E-state index in [4.69, 9.17) is 0 Å². The molecule has 0 radical (unpaired) electrons. The van der Waals surface area contributed by atoms with E-state index in [1.807, 2.05) is 0 Å². The number of hydrogen-bond donors (Lipinski definition) is 0. The second kappa shape index (κ2) is 2.39. The molecule has 9 heavy (non-hydrogen) atoms. The first-order chi connectivity index (χ1) is 4.33. The van der Waals surface area contributed by atoms with Crippen LogP contribution in [0.15, 0.2) is 12.4 Å². The number of carbonyl (C=O) groups is 1. The first-order valence-electron chi connectivity index (χ1n) is 2.44. The molecule has 0 fully saturated rings. The quantitative estimate of drug-likeness (QED) is 0.534. The Kier molecular flexibility index (Phi) is 1.58. The van der Waals surface area contributed by atoms with Gasteiger partial charge in [0.1, 0.15) is 6.29 Å². The first-order valence-corrected chi connectivity index (χ1v) is 2.44. The molecule has 0 aliphatic carbocycles. The summed E-state index contributed by atoms with van der Waals surface area (Å²) >= 11 is 0. The summed E-state index contributed by atoms with van der Waals surface area (Å²) in [6.45, 7) is 0.115. The van der Waals surface area contributed by atoms with E-state index in [-0.39, 0.29) is 6.54 Å². The Labute approximate surface area is 51.1 Å². The number of aromatic nitrogens is 2. The molecule has 0 aliphatic rings. The molecule has 0 aromatic carbocycles. The highest BCUT2D eigenvalue weighted by Crippen LogP contribution is 1.91. The van der Waals surface area contributed by atoms with E-state index in [9.17, 15) is 9.18 Å². The number of rotatable bonds is 2. The lowest BCUT2D eigenvalue weighted by atomic mass is 10.7. The van der Waals surface area contributed by atoms with E-state index in [0.717, 1.165) is 12.4 Å². The molecule has 0 atom stereocenters. The van der Waals surface area contributed by atoms with Crippen LogP contribution in [0.5, 0.6) is 0 Å². The standard InChI is InChI=1S/C5H5FN2O/c6-5-3-7-8(4-5)1-2-9/h2-4H,1H2. The summed E-state index contributed by atoms with van der Waals surface area (Å²) < 4.78 is 13.3. The van der Waals surface area contributed by atoms with Crippen molar-refractivity contribution in [3.8, 4) is 0 Å². The minimum Gasteiger partial charge on any atom is -0.301 e. The van der Waals surface area contributed by atoms with Gasteiger partial charge in [-0.1, -0.05) is 0 Å². The van der Waals surface area contributed by atoms with Crippen LogP contribution in [0.4, 0.5) is 4.39 Å². The van der Waals surface area contributed by atoms with Crippen LogP contribution in [0.2, 0.25) is 0 Å². The molecule has 0 unspecified atom stereocenters. The third-order valence-electron chi connectivity index (χ3n) is 0.863. The normalized spacial score (nSPS) is 9.44. The molecule has 1 aromatic rings. The molecule has 3 nitrogen and oxygen atoms in total. The lowest BCUT2D eigenvalue weighted by molar-refractivity contribution is -0.108. The molecular weight excluding hydrogens is 123 g/mol. The van der Waals surface area contributed by atoms with Gasteiger partial charge in [-0.2, -0.15) is 5.10 Å². The summed E-state index contributed by atoms with van der Waals surface area (Å²) in [5.41, 5.74) is 0. The van der Waals surface area contributed by atoms with Gasteiger partial charge in [0.05, 0.1) is 18.9 Å². The van der Waals surface area contributed by atoms with Gasteiger partial charge in [-0.15, -0.1) is 0 Å². The molecule has 0 N–H and O–H groups in total. The average molecular weight is 128 g/mol. The fourth-order valence-electron chi connectivity index (χ4n) is 0.515. The van der Waals surface area contributed by atoms with Crippen LogP contribution in [-0.4, -0.2) is 16.1 Å². The molecule has 0 saturated carbocycles. The molecular formula is C5H5FN2O. The molecule has 0 amide bonds. The van der Waals surface area contributed by atoms with Crippen molar-refractivity contribution in [1.82, 2.24) is 9.78 Å². The van der Waals surface area contributed by atoms with Gasteiger partial charge in [0.2, 0.25) is 0 Å². The summed E-state index contributed by atoms with van der Waals surface area (Å²) in [6.07, 6.45) is 2.88. The van der Waals surface area contributed by atoms with E-state index in [1.54, 1.807) is 0 Å². The van der Waals surface area contributed by atoms with Crippen molar-refractivity contribution in [2.75, 3.05) is 0 Å². The maximum atomic E-state index is 12.1. The van der Waals surface area contributed by atoms with Gasteiger partial charge in [0.15, 0.2) is 5.82 Å². The largest absolute Gasteiger partial charge is 0.301 e.